The van der Waals surface area contributed by atoms with Gasteiger partial charge in [-0.05, 0) is 19.8 Å². The van der Waals surface area contributed by atoms with Crippen molar-refractivity contribution in [2.45, 2.75) is 37.5 Å². The molecule has 1 aliphatic heterocycles. The van der Waals surface area contributed by atoms with Gasteiger partial charge in [-0.1, -0.05) is 5.16 Å². The lowest BCUT2D eigenvalue weighted by Gasteiger charge is -2.24. The number of nitrogens with zero attached hydrogens (tertiary/aromatic N) is 1. The zero-order valence-electron chi connectivity index (χ0n) is 10.6. The maximum Gasteiger partial charge on any atom is 0.214 e. The maximum atomic E-state index is 12.0. The SMILES string of the molecule is CC(CC(N)=NO)NS(=O)(=O)C1CCS(=O)(=O)CC1. The zero-order valence-corrected chi connectivity index (χ0v) is 12.2. The van der Waals surface area contributed by atoms with Gasteiger partial charge >= 0.3 is 0 Å². The maximum absolute atomic E-state index is 12.0. The summed E-state index contributed by atoms with van der Waals surface area (Å²) < 4.78 is 49.0. The molecule has 0 saturated carbocycles. The Labute approximate surface area is 113 Å². The van der Waals surface area contributed by atoms with Crippen LogP contribution >= 0.6 is 0 Å². The predicted molar refractivity (Wildman–Crippen MR) is 71.2 cm³/mol. The van der Waals surface area contributed by atoms with Gasteiger partial charge in [-0.15, -0.1) is 0 Å². The van der Waals surface area contributed by atoms with E-state index in [0.29, 0.717) is 0 Å². The van der Waals surface area contributed by atoms with Gasteiger partial charge < -0.3 is 10.9 Å². The van der Waals surface area contributed by atoms with Crippen molar-refractivity contribution in [1.82, 2.24) is 4.72 Å². The van der Waals surface area contributed by atoms with Crippen molar-refractivity contribution in [2.24, 2.45) is 10.9 Å². The predicted octanol–water partition coefficient (Wildman–Crippen LogP) is -0.992. The molecule has 0 aromatic heterocycles. The van der Waals surface area contributed by atoms with E-state index in [0.717, 1.165) is 0 Å². The summed E-state index contributed by atoms with van der Waals surface area (Å²) in [4.78, 5) is 0. The summed E-state index contributed by atoms with van der Waals surface area (Å²) in [6.07, 6.45) is 0.294. The molecule has 1 atom stereocenters. The fourth-order valence-electron chi connectivity index (χ4n) is 1.95. The quantitative estimate of drug-likeness (QED) is 0.258. The Kier molecular flexibility index (Phi) is 5.16. The van der Waals surface area contributed by atoms with Crippen molar-refractivity contribution in [3.8, 4) is 0 Å². The second-order valence-electron chi connectivity index (χ2n) is 4.71. The first-order valence-corrected chi connectivity index (χ1v) is 9.21. The first kappa shape index (κ1) is 16.2. The molecule has 8 nitrogen and oxygen atoms in total. The van der Waals surface area contributed by atoms with Crippen molar-refractivity contribution in [1.29, 1.82) is 0 Å². The third kappa shape index (κ3) is 4.96. The second kappa shape index (κ2) is 6.06. The van der Waals surface area contributed by atoms with E-state index in [1.807, 2.05) is 0 Å². The van der Waals surface area contributed by atoms with Gasteiger partial charge in [0.25, 0.3) is 0 Å². The summed E-state index contributed by atoms with van der Waals surface area (Å²) in [5.41, 5.74) is 5.29. The highest BCUT2D eigenvalue weighted by atomic mass is 32.2. The highest BCUT2D eigenvalue weighted by molar-refractivity contribution is 7.92. The third-order valence-electron chi connectivity index (χ3n) is 2.95. The number of amidine groups is 1. The molecule has 1 saturated heterocycles. The summed E-state index contributed by atoms with van der Waals surface area (Å²) in [5, 5.41) is 10.5. The molecule has 1 aliphatic rings. The van der Waals surface area contributed by atoms with E-state index in [9.17, 15) is 16.8 Å². The molecule has 0 aromatic carbocycles. The lowest BCUT2D eigenvalue weighted by Crippen LogP contribution is -2.44. The summed E-state index contributed by atoms with van der Waals surface area (Å²) in [6, 6.07) is -0.514. The average molecular weight is 313 g/mol. The molecule has 19 heavy (non-hydrogen) atoms. The lowest BCUT2D eigenvalue weighted by molar-refractivity contribution is 0.316. The third-order valence-corrected chi connectivity index (χ3v) is 6.75. The van der Waals surface area contributed by atoms with Crippen LogP contribution in [-0.4, -0.2) is 50.7 Å². The number of nitrogens with two attached hydrogens (primary N) is 1. The Morgan fingerprint density at radius 1 is 1.47 bits per heavy atom. The van der Waals surface area contributed by atoms with E-state index < -0.39 is 31.2 Å². The minimum absolute atomic E-state index is 0.0681. The molecule has 4 N–H and O–H groups in total. The average Bonchev–Trinajstić information content (AvgIpc) is 2.27. The molecular formula is C9H19N3O5S2. The molecule has 1 rings (SSSR count). The Morgan fingerprint density at radius 2 is 2.00 bits per heavy atom. The lowest BCUT2D eigenvalue weighted by atomic mass is 10.2. The van der Waals surface area contributed by atoms with Crippen LogP contribution in [0.2, 0.25) is 0 Å². The number of nitrogens with one attached hydrogen (secondary N) is 1. The van der Waals surface area contributed by atoms with E-state index in [1.54, 1.807) is 6.92 Å². The van der Waals surface area contributed by atoms with E-state index in [4.69, 9.17) is 10.9 Å². The van der Waals surface area contributed by atoms with Crippen LogP contribution in [0.3, 0.4) is 0 Å². The van der Waals surface area contributed by atoms with Crippen molar-refractivity contribution in [3.63, 3.8) is 0 Å². The molecule has 1 heterocycles. The van der Waals surface area contributed by atoms with E-state index in [2.05, 4.69) is 9.88 Å². The van der Waals surface area contributed by atoms with Gasteiger partial charge in [-0.25, -0.2) is 21.6 Å². The fourth-order valence-corrected chi connectivity index (χ4v) is 5.43. The van der Waals surface area contributed by atoms with E-state index >= 15 is 0 Å². The van der Waals surface area contributed by atoms with Gasteiger partial charge in [-0.2, -0.15) is 0 Å². The van der Waals surface area contributed by atoms with E-state index in [-0.39, 0.29) is 36.6 Å². The molecule has 0 amide bonds. The molecule has 0 bridgehead atoms. The van der Waals surface area contributed by atoms with Crippen molar-refractivity contribution in [2.75, 3.05) is 11.5 Å². The molecule has 0 spiro atoms. The van der Waals surface area contributed by atoms with Crippen LogP contribution in [0.15, 0.2) is 5.16 Å². The van der Waals surface area contributed by atoms with Gasteiger partial charge in [0.1, 0.15) is 15.7 Å². The number of hydrogen-bond acceptors (Lipinski definition) is 6. The fraction of sp³-hybridized carbons (Fsp3) is 0.889. The molecule has 0 aliphatic carbocycles. The molecule has 1 unspecified atom stereocenters. The Balaban J connectivity index is 2.62. The number of oxime groups is 1. The zero-order chi connectivity index (χ0) is 14.7. The number of rotatable bonds is 5. The molecule has 1 fully saturated rings. The van der Waals surface area contributed by atoms with Gasteiger partial charge in [0, 0.05) is 12.5 Å². The highest BCUT2D eigenvalue weighted by Crippen LogP contribution is 2.19. The van der Waals surface area contributed by atoms with Crippen LogP contribution in [0.5, 0.6) is 0 Å². The summed E-state index contributed by atoms with van der Waals surface area (Å²) in [7, 11) is -6.68. The Morgan fingerprint density at radius 3 is 2.47 bits per heavy atom. The normalized spacial score (nSPS) is 23.1. The number of sulfone groups is 1. The molecule has 0 aromatic rings. The monoisotopic (exact) mass is 313 g/mol. The van der Waals surface area contributed by atoms with Crippen LogP contribution in [-0.2, 0) is 19.9 Å². The van der Waals surface area contributed by atoms with Crippen LogP contribution in [0.25, 0.3) is 0 Å². The minimum atomic E-state index is -3.59. The largest absolute Gasteiger partial charge is 0.409 e. The number of sulfonamides is 1. The minimum Gasteiger partial charge on any atom is -0.409 e. The Hall–Kier alpha value is -0.870. The molecule has 10 heteroatoms. The van der Waals surface area contributed by atoms with Crippen molar-refractivity contribution >= 4 is 25.7 Å². The first-order chi connectivity index (χ1) is 8.66. The van der Waals surface area contributed by atoms with Gasteiger partial charge in [0.05, 0.1) is 16.8 Å². The summed E-state index contributed by atoms with van der Waals surface area (Å²) in [6.45, 7) is 1.59. The van der Waals surface area contributed by atoms with Gasteiger partial charge in [-0.3, -0.25) is 0 Å². The number of hydrogen-bond donors (Lipinski definition) is 3. The topological polar surface area (TPSA) is 139 Å². The van der Waals surface area contributed by atoms with Crippen molar-refractivity contribution < 1.29 is 22.0 Å². The van der Waals surface area contributed by atoms with Crippen LogP contribution in [0, 0.1) is 0 Å². The smallest absolute Gasteiger partial charge is 0.214 e. The second-order valence-corrected chi connectivity index (χ2v) is 9.01. The van der Waals surface area contributed by atoms with Gasteiger partial charge in [0.2, 0.25) is 10.0 Å². The molecule has 112 valence electrons. The first-order valence-electron chi connectivity index (χ1n) is 5.84. The highest BCUT2D eigenvalue weighted by Gasteiger charge is 2.33. The Bertz CT molecular complexity index is 526. The van der Waals surface area contributed by atoms with Gasteiger partial charge in [0.15, 0.2) is 0 Å². The van der Waals surface area contributed by atoms with Crippen LogP contribution < -0.4 is 10.5 Å². The molecular weight excluding hydrogens is 294 g/mol. The van der Waals surface area contributed by atoms with Crippen molar-refractivity contribution in [3.05, 3.63) is 0 Å². The summed E-state index contributed by atoms with van der Waals surface area (Å²) >= 11 is 0. The van der Waals surface area contributed by atoms with Crippen LogP contribution in [0.1, 0.15) is 26.2 Å². The van der Waals surface area contributed by atoms with E-state index in [1.165, 1.54) is 0 Å². The standard InChI is InChI=1S/C9H19N3O5S2/c1-7(6-9(10)11-13)12-19(16,17)8-2-4-18(14,15)5-3-8/h7-8,12-13H,2-6H2,1H3,(H2,10,11). The van der Waals surface area contributed by atoms with Crippen LogP contribution in [0.4, 0.5) is 0 Å². The molecule has 0 radical (unpaired) electrons. The summed E-state index contributed by atoms with van der Waals surface area (Å²) in [5.74, 6) is -0.276.